The van der Waals surface area contributed by atoms with Crippen molar-refractivity contribution in [3.63, 3.8) is 0 Å². The second-order valence-electron chi connectivity index (χ2n) is 6.32. The fourth-order valence-electron chi connectivity index (χ4n) is 3.35. The molecule has 130 valence electrons. The molecule has 2 heterocycles. The molecule has 1 aliphatic heterocycles. The smallest absolute Gasteiger partial charge is 0.322 e. The average Bonchev–Trinajstić information content (AvgIpc) is 2.98. The number of aliphatic hydroxyl groups is 1. The van der Waals surface area contributed by atoms with Gasteiger partial charge in [-0.3, -0.25) is 0 Å². The Balaban J connectivity index is 1.68. The molecule has 1 saturated heterocycles. The predicted octanol–water partition coefficient (Wildman–Crippen LogP) is 3.58. The molecule has 1 fully saturated rings. The summed E-state index contributed by atoms with van der Waals surface area (Å²) in [7, 11) is 1.57. The second-order valence-corrected chi connectivity index (χ2v) is 6.32. The lowest BCUT2D eigenvalue weighted by Crippen LogP contribution is -2.44. The normalized spacial score (nSPS) is 17.8. The maximum atomic E-state index is 12.5. The number of fused-ring (bicyclic) bond motifs is 3. The average molecular weight is 340 g/mol. The largest absolute Gasteiger partial charge is 0.495 e. The highest BCUT2D eigenvalue weighted by Gasteiger charge is 2.23. The number of hydrogen-bond donors (Lipinski definition) is 2. The minimum absolute atomic E-state index is 0.243. The van der Waals surface area contributed by atoms with Crippen molar-refractivity contribution < 1.29 is 19.1 Å². The SMILES string of the molecule is COc1cc2c(cc1NC(=O)N1CCCC(O)C1)oc1ccccc12. The number of β-amino-alcohol motifs (C(OH)–C–C–N with tert-alkyl or cyclic N) is 1. The standard InChI is InChI=1S/C19H20N2O4/c1-24-18-9-14-13-6-2-3-7-16(13)25-17(14)10-15(18)20-19(23)21-8-4-5-12(22)11-21/h2-3,6-7,9-10,12,22H,4-5,8,11H2,1H3,(H,20,23). The summed E-state index contributed by atoms with van der Waals surface area (Å²) in [4.78, 5) is 14.1. The molecule has 2 aromatic carbocycles. The fourth-order valence-corrected chi connectivity index (χ4v) is 3.35. The van der Waals surface area contributed by atoms with Gasteiger partial charge in [-0.2, -0.15) is 0 Å². The summed E-state index contributed by atoms with van der Waals surface area (Å²) < 4.78 is 11.3. The maximum Gasteiger partial charge on any atom is 0.322 e. The molecular formula is C19H20N2O4. The topological polar surface area (TPSA) is 74.9 Å². The molecular weight excluding hydrogens is 320 g/mol. The van der Waals surface area contributed by atoms with Crippen LogP contribution < -0.4 is 10.1 Å². The first-order valence-corrected chi connectivity index (χ1v) is 8.39. The fraction of sp³-hybridized carbons (Fsp3) is 0.316. The van der Waals surface area contributed by atoms with E-state index in [1.165, 1.54) is 0 Å². The molecule has 25 heavy (non-hydrogen) atoms. The van der Waals surface area contributed by atoms with Crippen LogP contribution in [0.2, 0.25) is 0 Å². The van der Waals surface area contributed by atoms with Crippen LogP contribution in [0, 0.1) is 0 Å². The number of likely N-dealkylation sites (tertiary alicyclic amines) is 1. The van der Waals surface area contributed by atoms with E-state index in [9.17, 15) is 9.90 Å². The third-order valence-electron chi connectivity index (χ3n) is 4.62. The quantitative estimate of drug-likeness (QED) is 0.748. The van der Waals surface area contributed by atoms with Crippen LogP contribution in [0.25, 0.3) is 21.9 Å². The predicted molar refractivity (Wildman–Crippen MR) is 96.1 cm³/mol. The van der Waals surface area contributed by atoms with Gasteiger partial charge in [-0.15, -0.1) is 0 Å². The van der Waals surface area contributed by atoms with Crippen molar-refractivity contribution >= 4 is 33.7 Å². The summed E-state index contributed by atoms with van der Waals surface area (Å²) >= 11 is 0. The van der Waals surface area contributed by atoms with E-state index in [0.717, 1.165) is 29.2 Å². The number of ether oxygens (including phenoxy) is 1. The van der Waals surface area contributed by atoms with Crippen LogP contribution >= 0.6 is 0 Å². The van der Waals surface area contributed by atoms with E-state index in [-0.39, 0.29) is 6.03 Å². The second kappa shape index (κ2) is 6.29. The van der Waals surface area contributed by atoms with E-state index in [2.05, 4.69) is 5.32 Å². The Morgan fingerprint density at radius 1 is 1.28 bits per heavy atom. The minimum Gasteiger partial charge on any atom is -0.495 e. The highest BCUT2D eigenvalue weighted by molar-refractivity contribution is 6.07. The Kier molecular flexibility index (Phi) is 3.97. The minimum atomic E-state index is -0.459. The first-order valence-electron chi connectivity index (χ1n) is 8.39. The number of aliphatic hydroxyl groups excluding tert-OH is 1. The van der Waals surface area contributed by atoms with Gasteiger partial charge in [0.15, 0.2) is 0 Å². The molecule has 6 nitrogen and oxygen atoms in total. The number of nitrogens with zero attached hydrogens (tertiary/aromatic N) is 1. The molecule has 3 aromatic rings. The van der Waals surface area contributed by atoms with Gasteiger partial charge in [-0.25, -0.2) is 4.79 Å². The van der Waals surface area contributed by atoms with E-state index in [1.807, 2.05) is 30.3 Å². The summed E-state index contributed by atoms with van der Waals surface area (Å²) in [5.41, 5.74) is 2.04. The molecule has 1 atom stereocenters. The highest BCUT2D eigenvalue weighted by atomic mass is 16.5. The number of nitrogens with one attached hydrogen (secondary N) is 1. The van der Waals surface area contributed by atoms with Crippen molar-refractivity contribution in [2.75, 3.05) is 25.5 Å². The van der Waals surface area contributed by atoms with Crippen molar-refractivity contribution in [2.24, 2.45) is 0 Å². The van der Waals surface area contributed by atoms with Crippen LogP contribution in [-0.4, -0.2) is 42.3 Å². The molecule has 0 bridgehead atoms. The Bertz CT molecular complexity index is 934. The van der Waals surface area contributed by atoms with Crippen LogP contribution in [0.3, 0.4) is 0 Å². The first-order chi connectivity index (χ1) is 12.2. The number of amides is 2. The Labute approximate surface area is 145 Å². The van der Waals surface area contributed by atoms with Crippen LogP contribution in [0.1, 0.15) is 12.8 Å². The number of methoxy groups -OCH3 is 1. The molecule has 6 heteroatoms. The Morgan fingerprint density at radius 2 is 2.12 bits per heavy atom. The van der Waals surface area contributed by atoms with Crippen molar-refractivity contribution in [3.05, 3.63) is 36.4 Å². The number of furan rings is 1. The molecule has 0 aliphatic carbocycles. The molecule has 4 rings (SSSR count). The molecule has 1 unspecified atom stereocenters. The number of anilines is 1. The number of hydrogen-bond acceptors (Lipinski definition) is 4. The van der Waals surface area contributed by atoms with Gasteiger partial charge in [0.2, 0.25) is 0 Å². The zero-order valence-corrected chi connectivity index (χ0v) is 14.0. The van der Waals surface area contributed by atoms with Crippen molar-refractivity contribution in [3.8, 4) is 5.75 Å². The van der Waals surface area contributed by atoms with E-state index in [4.69, 9.17) is 9.15 Å². The lowest BCUT2D eigenvalue weighted by Gasteiger charge is -2.30. The third-order valence-corrected chi connectivity index (χ3v) is 4.62. The van der Waals surface area contributed by atoms with Gasteiger partial charge in [0.25, 0.3) is 0 Å². The van der Waals surface area contributed by atoms with E-state index >= 15 is 0 Å². The maximum absolute atomic E-state index is 12.5. The van der Waals surface area contributed by atoms with Gasteiger partial charge in [0.1, 0.15) is 16.9 Å². The van der Waals surface area contributed by atoms with Crippen molar-refractivity contribution in [2.45, 2.75) is 18.9 Å². The lowest BCUT2D eigenvalue weighted by molar-refractivity contribution is 0.0883. The molecule has 0 spiro atoms. The van der Waals surface area contributed by atoms with Crippen LogP contribution in [0.4, 0.5) is 10.5 Å². The Morgan fingerprint density at radius 3 is 2.92 bits per heavy atom. The summed E-state index contributed by atoms with van der Waals surface area (Å²) in [6.07, 6.45) is 1.08. The van der Waals surface area contributed by atoms with E-state index in [1.54, 1.807) is 18.1 Å². The van der Waals surface area contributed by atoms with E-state index in [0.29, 0.717) is 30.1 Å². The summed E-state index contributed by atoms with van der Waals surface area (Å²) in [5, 5.41) is 14.6. The molecule has 2 N–H and O–H groups in total. The number of piperidine rings is 1. The van der Waals surface area contributed by atoms with E-state index < -0.39 is 6.10 Å². The van der Waals surface area contributed by atoms with Crippen molar-refractivity contribution in [1.29, 1.82) is 0 Å². The molecule has 1 aromatic heterocycles. The molecule has 1 aliphatic rings. The summed E-state index contributed by atoms with van der Waals surface area (Å²) in [5.74, 6) is 0.574. The van der Waals surface area contributed by atoms with Crippen LogP contribution in [0.5, 0.6) is 5.75 Å². The van der Waals surface area contributed by atoms with Gasteiger partial charge in [-0.05, 0) is 25.0 Å². The van der Waals surface area contributed by atoms with Gasteiger partial charge < -0.3 is 24.5 Å². The van der Waals surface area contributed by atoms with Crippen LogP contribution in [0.15, 0.2) is 40.8 Å². The number of para-hydroxylation sites is 1. The van der Waals surface area contributed by atoms with Crippen molar-refractivity contribution in [1.82, 2.24) is 4.90 Å². The van der Waals surface area contributed by atoms with Gasteiger partial charge >= 0.3 is 6.03 Å². The number of rotatable bonds is 2. The molecule has 0 radical (unpaired) electrons. The zero-order chi connectivity index (χ0) is 17.4. The molecule has 2 amide bonds. The van der Waals surface area contributed by atoms with Gasteiger partial charge in [0, 0.05) is 29.9 Å². The highest BCUT2D eigenvalue weighted by Crippen LogP contribution is 2.36. The monoisotopic (exact) mass is 340 g/mol. The third kappa shape index (κ3) is 2.89. The first kappa shape index (κ1) is 15.8. The number of benzene rings is 2. The van der Waals surface area contributed by atoms with Crippen LogP contribution in [-0.2, 0) is 0 Å². The summed E-state index contributed by atoms with van der Waals surface area (Å²) in [6, 6.07) is 11.2. The Hall–Kier alpha value is -2.73. The number of carbonyl (C=O) groups is 1. The summed E-state index contributed by atoms with van der Waals surface area (Å²) in [6.45, 7) is 0.985. The zero-order valence-electron chi connectivity index (χ0n) is 14.0. The number of carbonyl (C=O) groups excluding carboxylic acids is 1. The lowest BCUT2D eigenvalue weighted by atomic mass is 10.1. The number of urea groups is 1. The van der Waals surface area contributed by atoms with Gasteiger partial charge in [0.05, 0.1) is 18.9 Å². The van der Waals surface area contributed by atoms with Gasteiger partial charge in [-0.1, -0.05) is 18.2 Å². The molecule has 0 saturated carbocycles.